The number of carboxylic acid groups (broad SMARTS) is 1. The number of ether oxygens (including phenoxy) is 1. The summed E-state index contributed by atoms with van der Waals surface area (Å²) in [6, 6.07) is 0. The number of rotatable bonds is 11. The van der Waals surface area contributed by atoms with Crippen LogP contribution in [0.3, 0.4) is 0 Å². The molecule has 0 spiro atoms. The van der Waals surface area contributed by atoms with E-state index in [0.717, 1.165) is 32.4 Å². The Morgan fingerprint density at radius 2 is 1.94 bits per heavy atom. The van der Waals surface area contributed by atoms with Crippen molar-refractivity contribution in [2.75, 3.05) is 19.8 Å². The molecular weight excluding hydrogens is 230 g/mol. The monoisotopic (exact) mass is 259 g/mol. The first-order chi connectivity index (χ1) is 8.50. The van der Waals surface area contributed by atoms with Crippen LogP contribution in [0.1, 0.15) is 53.4 Å². The summed E-state index contributed by atoms with van der Waals surface area (Å²) in [6.07, 6.45) is 3.65. The maximum absolute atomic E-state index is 11.2. The number of carbonyl (C=O) groups is 1. The van der Waals surface area contributed by atoms with Crippen LogP contribution in [0.2, 0.25) is 0 Å². The molecule has 0 aliphatic carbocycles. The zero-order valence-corrected chi connectivity index (χ0v) is 12.3. The summed E-state index contributed by atoms with van der Waals surface area (Å²) < 4.78 is 5.60. The molecule has 1 unspecified atom stereocenters. The molecule has 0 aliphatic heterocycles. The lowest BCUT2D eigenvalue weighted by atomic mass is 9.98. The Labute approximate surface area is 111 Å². The Bertz CT molecular complexity index is 229. The van der Waals surface area contributed by atoms with Gasteiger partial charge in [-0.1, -0.05) is 33.6 Å². The van der Waals surface area contributed by atoms with Gasteiger partial charge >= 0.3 is 5.97 Å². The van der Waals surface area contributed by atoms with Gasteiger partial charge in [0.15, 0.2) is 0 Å². The first-order valence-corrected chi connectivity index (χ1v) is 7.06. The summed E-state index contributed by atoms with van der Waals surface area (Å²) in [5, 5.41) is 12.3. The van der Waals surface area contributed by atoms with E-state index in [-0.39, 0.29) is 0 Å². The Kier molecular flexibility index (Phi) is 9.02. The topological polar surface area (TPSA) is 58.6 Å². The van der Waals surface area contributed by atoms with E-state index in [2.05, 4.69) is 19.2 Å². The molecule has 2 N–H and O–H groups in total. The van der Waals surface area contributed by atoms with Crippen LogP contribution in [-0.2, 0) is 9.53 Å². The van der Waals surface area contributed by atoms with Crippen molar-refractivity contribution in [1.82, 2.24) is 5.32 Å². The van der Waals surface area contributed by atoms with E-state index in [1.807, 2.05) is 6.92 Å². The molecule has 0 rings (SSSR count). The van der Waals surface area contributed by atoms with Crippen LogP contribution in [0, 0.1) is 5.92 Å². The van der Waals surface area contributed by atoms with Crippen LogP contribution < -0.4 is 5.32 Å². The van der Waals surface area contributed by atoms with E-state index < -0.39 is 11.5 Å². The molecule has 1 atom stereocenters. The number of aliphatic carboxylic acids is 1. The molecule has 0 radical (unpaired) electrons. The lowest BCUT2D eigenvalue weighted by Crippen LogP contribution is -2.50. The second-order valence-corrected chi connectivity index (χ2v) is 5.07. The highest BCUT2D eigenvalue weighted by Crippen LogP contribution is 2.12. The minimum atomic E-state index is -0.871. The molecular formula is C14H29NO3. The maximum Gasteiger partial charge on any atom is 0.323 e. The predicted molar refractivity (Wildman–Crippen MR) is 73.8 cm³/mol. The van der Waals surface area contributed by atoms with E-state index >= 15 is 0 Å². The van der Waals surface area contributed by atoms with Crippen molar-refractivity contribution in [1.29, 1.82) is 0 Å². The van der Waals surface area contributed by atoms with Gasteiger partial charge in [-0.3, -0.25) is 4.79 Å². The fourth-order valence-electron chi connectivity index (χ4n) is 1.72. The van der Waals surface area contributed by atoms with Gasteiger partial charge in [-0.25, -0.2) is 0 Å². The van der Waals surface area contributed by atoms with Gasteiger partial charge in [-0.2, -0.15) is 0 Å². The van der Waals surface area contributed by atoms with Crippen LogP contribution in [0.15, 0.2) is 0 Å². The Morgan fingerprint density at radius 1 is 1.33 bits per heavy atom. The first kappa shape index (κ1) is 17.4. The highest BCUT2D eigenvalue weighted by molar-refractivity contribution is 5.78. The normalized spacial score (nSPS) is 14.7. The maximum atomic E-state index is 11.2. The zero-order valence-electron chi connectivity index (χ0n) is 12.3. The standard InChI is InChI=1S/C14H29NO3/c1-5-9-15-14(4,13(16)17)8-10-18-11-12(6-2)7-3/h12,15H,5-11H2,1-4H3,(H,16,17). The van der Waals surface area contributed by atoms with Crippen molar-refractivity contribution in [3.63, 3.8) is 0 Å². The second-order valence-electron chi connectivity index (χ2n) is 5.07. The van der Waals surface area contributed by atoms with E-state index in [9.17, 15) is 9.90 Å². The van der Waals surface area contributed by atoms with Gasteiger partial charge in [-0.05, 0) is 32.2 Å². The molecule has 108 valence electrons. The molecule has 0 saturated heterocycles. The lowest BCUT2D eigenvalue weighted by molar-refractivity contribution is -0.145. The van der Waals surface area contributed by atoms with Gasteiger partial charge < -0.3 is 15.2 Å². The third-order valence-electron chi connectivity index (χ3n) is 3.49. The molecule has 0 aromatic heterocycles. The number of hydrogen-bond acceptors (Lipinski definition) is 3. The molecule has 0 bridgehead atoms. The summed E-state index contributed by atoms with van der Waals surface area (Å²) in [6.45, 7) is 10.0. The molecule has 0 aliphatic rings. The number of nitrogens with one attached hydrogen (secondary N) is 1. The van der Waals surface area contributed by atoms with Gasteiger partial charge in [-0.15, -0.1) is 0 Å². The van der Waals surface area contributed by atoms with Crippen LogP contribution in [0.5, 0.6) is 0 Å². The first-order valence-electron chi connectivity index (χ1n) is 7.06. The molecule has 18 heavy (non-hydrogen) atoms. The molecule has 0 aromatic carbocycles. The quantitative estimate of drug-likeness (QED) is 0.560. The molecule has 4 heteroatoms. The fourth-order valence-corrected chi connectivity index (χ4v) is 1.72. The van der Waals surface area contributed by atoms with Crippen molar-refractivity contribution >= 4 is 5.97 Å². The summed E-state index contributed by atoms with van der Waals surface area (Å²) in [4.78, 5) is 11.2. The van der Waals surface area contributed by atoms with Gasteiger partial charge in [0, 0.05) is 13.2 Å². The lowest BCUT2D eigenvalue weighted by Gasteiger charge is -2.26. The van der Waals surface area contributed by atoms with Crippen LogP contribution in [0.25, 0.3) is 0 Å². The summed E-state index contributed by atoms with van der Waals surface area (Å²) in [7, 11) is 0. The smallest absolute Gasteiger partial charge is 0.323 e. The summed E-state index contributed by atoms with van der Waals surface area (Å²) in [5.41, 5.74) is -0.871. The van der Waals surface area contributed by atoms with Gasteiger partial charge in [0.1, 0.15) is 5.54 Å². The highest BCUT2D eigenvalue weighted by atomic mass is 16.5. The Morgan fingerprint density at radius 3 is 2.39 bits per heavy atom. The summed E-state index contributed by atoms with van der Waals surface area (Å²) in [5.74, 6) is -0.216. The second kappa shape index (κ2) is 9.34. The van der Waals surface area contributed by atoms with Gasteiger partial charge in [0.05, 0.1) is 0 Å². The third kappa shape index (κ3) is 6.36. The molecule has 0 fully saturated rings. The Hall–Kier alpha value is -0.610. The van der Waals surface area contributed by atoms with Gasteiger partial charge in [0.2, 0.25) is 0 Å². The number of hydrogen-bond donors (Lipinski definition) is 2. The molecule has 4 nitrogen and oxygen atoms in total. The molecule has 0 heterocycles. The Balaban J connectivity index is 4.01. The highest BCUT2D eigenvalue weighted by Gasteiger charge is 2.31. The SMILES string of the molecule is CCCNC(C)(CCOCC(CC)CC)C(=O)O. The van der Waals surface area contributed by atoms with Crippen LogP contribution >= 0.6 is 0 Å². The average Bonchev–Trinajstić information content (AvgIpc) is 2.36. The van der Waals surface area contributed by atoms with Crippen molar-refractivity contribution in [3.05, 3.63) is 0 Å². The minimum Gasteiger partial charge on any atom is -0.480 e. The third-order valence-corrected chi connectivity index (χ3v) is 3.49. The van der Waals surface area contributed by atoms with Crippen molar-refractivity contribution in [2.45, 2.75) is 58.9 Å². The molecule has 0 aromatic rings. The molecule has 0 amide bonds. The number of carboxylic acids is 1. The zero-order chi connectivity index (χ0) is 14.0. The minimum absolute atomic E-state index is 0.496. The van der Waals surface area contributed by atoms with Crippen LogP contribution in [-0.4, -0.2) is 36.4 Å². The largest absolute Gasteiger partial charge is 0.480 e. The van der Waals surface area contributed by atoms with Crippen molar-refractivity contribution in [3.8, 4) is 0 Å². The predicted octanol–water partition coefficient (Wildman–Crippen LogP) is 2.67. The average molecular weight is 259 g/mol. The van der Waals surface area contributed by atoms with E-state index in [1.165, 1.54) is 0 Å². The molecule has 0 saturated carbocycles. The summed E-state index contributed by atoms with van der Waals surface area (Å²) >= 11 is 0. The fraction of sp³-hybridized carbons (Fsp3) is 0.929. The van der Waals surface area contributed by atoms with E-state index in [4.69, 9.17) is 4.74 Å². The van der Waals surface area contributed by atoms with Gasteiger partial charge in [0.25, 0.3) is 0 Å². The van der Waals surface area contributed by atoms with Crippen molar-refractivity contribution < 1.29 is 14.6 Å². The van der Waals surface area contributed by atoms with Crippen molar-refractivity contribution in [2.24, 2.45) is 5.92 Å². The van der Waals surface area contributed by atoms with E-state index in [1.54, 1.807) is 6.92 Å². The van der Waals surface area contributed by atoms with Crippen LogP contribution in [0.4, 0.5) is 0 Å². The van der Waals surface area contributed by atoms with E-state index in [0.29, 0.717) is 18.9 Å².